The van der Waals surface area contributed by atoms with Crippen LogP contribution in [0, 0.1) is 58.2 Å². The third-order valence-electron chi connectivity index (χ3n) is 16.5. The zero-order valence-electron chi connectivity index (χ0n) is 31.7. The lowest BCUT2D eigenvalue weighted by molar-refractivity contribution is -0.203. The number of aliphatic hydroxyl groups is 5. The molecule has 0 radical (unpaired) electrons. The van der Waals surface area contributed by atoms with E-state index in [0.29, 0.717) is 31.6 Å². The van der Waals surface area contributed by atoms with E-state index in [-0.39, 0.29) is 54.6 Å². The molecule has 0 aromatic heterocycles. The molecule has 1 spiro atoms. The number of nitrogens with two attached hydrogens (primary N) is 1. The van der Waals surface area contributed by atoms with Crippen molar-refractivity contribution in [2.45, 2.75) is 153 Å². The highest BCUT2D eigenvalue weighted by molar-refractivity contribution is 5.95. The molecule has 4 saturated carbocycles. The van der Waals surface area contributed by atoms with Crippen molar-refractivity contribution in [1.29, 1.82) is 0 Å². The predicted molar refractivity (Wildman–Crippen MR) is 198 cm³/mol. The summed E-state index contributed by atoms with van der Waals surface area (Å²) in [7, 11) is 0. The number of aliphatic hydroxyl groups excluding tert-OH is 3. The zero-order valence-corrected chi connectivity index (χ0v) is 31.7. The largest absolute Gasteiger partial charge is 0.390 e. The smallest absolute Gasteiger partial charge is 0.159 e. The maximum Gasteiger partial charge on any atom is 0.159 e. The van der Waals surface area contributed by atoms with Crippen LogP contribution in [0.2, 0.25) is 0 Å². The maximum absolute atomic E-state index is 14.3. The van der Waals surface area contributed by atoms with Crippen molar-refractivity contribution < 1.29 is 35.1 Å². The Morgan fingerprint density at radius 3 is 2.58 bits per heavy atom. The summed E-state index contributed by atoms with van der Waals surface area (Å²) in [5.74, 6) is -0.181. The first-order valence-corrected chi connectivity index (χ1v) is 20.6. The van der Waals surface area contributed by atoms with E-state index in [4.69, 9.17) is 10.5 Å². The molecule has 288 valence electrons. The van der Waals surface area contributed by atoms with Crippen molar-refractivity contribution in [3.05, 3.63) is 47.7 Å². The van der Waals surface area contributed by atoms with Crippen LogP contribution < -0.4 is 11.1 Å². The average molecular weight is 721 g/mol. The van der Waals surface area contributed by atoms with Gasteiger partial charge in [-0.2, -0.15) is 0 Å². The quantitative estimate of drug-likeness (QED) is 0.197. The van der Waals surface area contributed by atoms with Crippen LogP contribution in [0.5, 0.6) is 0 Å². The molecule has 5 fully saturated rings. The number of fused-ring (bicyclic) bond motifs is 3. The number of hydrogen-bond acceptors (Lipinski definition) is 9. The van der Waals surface area contributed by atoms with Crippen LogP contribution in [0.4, 0.5) is 0 Å². The number of dihydropyridines is 1. The second kappa shape index (κ2) is 13.1. The molecule has 2 aliphatic heterocycles. The van der Waals surface area contributed by atoms with Gasteiger partial charge < -0.3 is 41.3 Å². The minimum absolute atomic E-state index is 0.0621. The first-order valence-electron chi connectivity index (χ1n) is 20.6. The number of hydrogen-bond donors (Lipinski definition) is 7. The second-order valence-corrected chi connectivity index (χ2v) is 19.1. The van der Waals surface area contributed by atoms with Crippen LogP contribution in [-0.4, -0.2) is 79.2 Å². The second-order valence-electron chi connectivity index (χ2n) is 19.1. The summed E-state index contributed by atoms with van der Waals surface area (Å²) in [6, 6.07) is 0. The molecule has 0 bridgehead atoms. The van der Waals surface area contributed by atoms with E-state index in [1.165, 1.54) is 19.3 Å². The Kier molecular flexibility index (Phi) is 9.37. The van der Waals surface area contributed by atoms with Crippen molar-refractivity contribution >= 4 is 5.78 Å². The van der Waals surface area contributed by atoms with Crippen molar-refractivity contribution in [3.8, 4) is 0 Å². The van der Waals surface area contributed by atoms with E-state index in [1.54, 1.807) is 13.0 Å². The monoisotopic (exact) mass is 720 g/mol. The molecule has 1 saturated heterocycles. The number of carbonyl (C=O) groups excluding carboxylic acids is 1. The zero-order chi connectivity index (χ0) is 37.0. The van der Waals surface area contributed by atoms with Gasteiger partial charge in [0.05, 0.1) is 41.8 Å². The Morgan fingerprint density at radius 2 is 1.85 bits per heavy atom. The first-order chi connectivity index (χ1) is 24.6. The van der Waals surface area contributed by atoms with Crippen LogP contribution >= 0.6 is 0 Å². The lowest BCUT2D eigenvalue weighted by atomic mass is 9.42. The predicted octanol–water partition coefficient (Wildman–Crippen LogP) is 4.42. The summed E-state index contributed by atoms with van der Waals surface area (Å²) in [6.07, 6.45) is 17.7. The Labute approximate surface area is 309 Å². The third-order valence-corrected chi connectivity index (χ3v) is 16.5. The summed E-state index contributed by atoms with van der Waals surface area (Å²) < 4.78 is 6.71. The van der Waals surface area contributed by atoms with Gasteiger partial charge in [-0.1, -0.05) is 58.3 Å². The van der Waals surface area contributed by atoms with Crippen LogP contribution in [0.25, 0.3) is 0 Å². The van der Waals surface area contributed by atoms with Crippen LogP contribution in [0.1, 0.15) is 105 Å². The third kappa shape index (κ3) is 5.45. The SMILES string of the molecule is CCC[C@@H]1CC[C@H]2[C@H](C)[C@H]([C@@H](O)[C@](C)(O)[C@H]3CC[C@@]4(O)C5=CC(=O)[C@@H]6C[C@@H](O)[C@@H](O)C[C@@]67C[C@H](C6=CNC(N)C=C6)C=C[C@H](C[C@]34C)[C@@H]57)O[C@@H]2CC1. The molecular formula is C43H64N2O7. The van der Waals surface area contributed by atoms with Gasteiger partial charge in [0.25, 0.3) is 0 Å². The van der Waals surface area contributed by atoms with Crippen LogP contribution in [-0.2, 0) is 9.53 Å². The lowest BCUT2D eigenvalue weighted by Crippen LogP contribution is -2.66. The molecule has 0 aromatic carbocycles. The highest BCUT2D eigenvalue weighted by atomic mass is 16.5. The van der Waals surface area contributed by atoms with E-state index in [9.17, 15) is 30.3 Å². The van der Waals surface area contributed by atoms with Gasteiger partial charge in [0.1, 0.15) is 6.10 Å². The van der Waals surface area contributed by atoms with E-state index in [0.717, 1.165) is 36.3 Å². The molecule has 18 atom stereocenters. The first kappa shape index (κ1) is 37.1. The van der Waals surface area contributed by atoms with Crippen molar-refractivity contribution in [1.82, 2.24) is 5.32 Å². The highest BCUT2D eigenvalue weighted by Gasteiger charge is 2.72. The normalized spacial score (nSPS) is 51.3. The van der Waals surface area contributed by atoms with Crippen molar-refractivity contribution in [3.63, 3.8) is 0 Å². The summed E-state index contributed by atoms with van der Waals surface area (Å²) >= 11 is 0. The summed E-state index contributed by atoms with van der Waals surface area (Å²) in [6.45, 7) is 8.26. The number of allylic oxidation sites excluding steroid dienone is 5. The molecule has 0 aromatic rings. The number of rotatable bonds is 6. The van der Waals surface area contributed by atoms with Gasteiger partial charge in [-0.25, -0.2) is 0 Å². The number of carbonyl (C=O) groups is 1. The van der Waals surface area contributed by atoms with E-state index in [1.807, 2.05) is 18.4 Å². The molecular weight excluding hydrogens is 656 g/mol. The van der Waals surface area contributed by atoms with Gasteiger partial charge in [-0.15, -0.1) is 0 Å². The summed E-state index contributed by atoms with van der Waals surface area (Å²) in [4.78, 5) is 14.3. The summed E-state index contributed by atoms with van der Waals surface area (Å²) in [5, 5.41) is 63.4. The Bertz CT molecular complexity index is 1540. The molecule has 1 unspecified atom stereocenters. The van der Waals surface area contributed by atoms with Gasteiger partial charge in [0.2, 0.25) is 0 Å². The van der Waals surface area contributed by atoms with Gasteiger partial charge in [-0.3, -0.25) is 4.79 Å². The van der Waals surface area contributed by atoms with Gasteiger partial charge in [0, 0.05) is 23.5 Å². The maximum atomic E-state index is 14.3. The van der Waals surface area contributed by atoms with Gasteiger partial charge >= 0.3 is 0 Å². The minimum Gasteiger partial charge on any atom is -0.390 e. The molecule has 2 heterocycles. The van der Waals surface area contributed by atoms with E-state index < -0.39 is 58.3 Å². The lowest BCUT2D eigenvalue weighted by Gasteiger charge is -2.63. The fraction of sp³-hybridized carbons (Fsp3) is 0.791. The topological polar surface area (TPSA) is 166 Å². The van der Waals surface area contributed by atoms with Crippen LogP contribution in [0.3, 0.4) is 0 Å². The molecule has 8 rings (SSSR count). The van der Waals surface area contributed by atoms with Gasteiger partial charge in [0.15, 0.2) is 5.78 Å². The van der Waals surface area contributed by atoms with E-state index >= 15 is 0 Å². The Morgan fingerprint density at radius 1 is 1.08 bits per heavy atom. The molecule has 8 aliphatic rings. The number of nitrogens with one attached hydrogen (secondary N) is 1. The van der Waals surface area contributed by atoms with Gasteiger partial charge in [-0.05, 0) is 129 Å². The fourth-order valence-electron chi connectivity index (χ4n) is 13.9. The van der Waals surface area contributed by atoms with E-state index in [2.05, 4.69) is 38.2 Å². The molecule has 8 N–H and O–H groups in total. The highest BCUT2D eigenvalue weighted by Crippen LogP contribution is 2.72. The standard InChI is InChI=1S/C43H64N2O7/c1-5-6-24-7-12-28-23(2)38(52-34(28)13-8-24)39(49)41(4,50)35-15-16-43(51)30-18-31(46)29-17-32(47)33(48)21-42(29)20-25(27-11-14-36(44)45-22-27)9-10-26(37(30)42)19-40(35,43)3/h9-11,14,18,22-26,28-29,32-39,45,47-51H,5-8,12-13,15-17,19-21,44H2,1-4H3/t23-,24+,25+,26+,28-,29-,32+,33-,34+,35-,36?,37-,38+,39+,40+,41+,42-,43+/m0/s1. The molecule has 6 aliphatic carbocycles. The van der Waals surface area contributed by atoms with Crippen LogP contribution in [0.15, 0.2) is 47.7 Å². The average Bonchev–Trinajstić information content (AvgIpc) is 3.39. The summed E-state index contributed by atoms with van der Waals surface area (Å²) in [5.41, 5.74) is 3.39. The van der Waals surface area contributed by atoms with Crippen molar-refractivity contribution in [2.75, 3.05) is 0 Å². The fourth-order valence-corrected chi connectivity index (χ4v) is 13.9. The Balaban J connectivity index is 1.14. The molecule has 52 heavy (non-hydrogen) atoms. The molecule has 0 amide bonds. The molecule has 9 heteroatoms. The number of ketones is 1. The Hall–Kier alpha value is -1.85. The number of ether oxygens (including phenoxy) is 1. The molecule has 9 nitrogen and oxygen atoms in total. The van der Waals surface area contributed by atoms with Crippen molar-refractivity contribution in [2.24, 2.45) is 63.9 Å². The minimum atomic E-state index is -1.55.